The lowest BCUT2D eigenvalue weighted by molar-refractivity contribution is -0.143. The zero-order valence-electron chi connectivity index (χ0n) is 19.8. The minimum Gasteiger partial charge on any atom is -0.480 e. The molecule has 0 radical (unpaired) electrons. The Kier molecular flexibility index (Phi) is 11.1. The summed E-state index contributed by atoms with van der Waals surface area (Å²) in [6.45, 7) is 2.17. The van der Waals surface area contributed by atoms with Crippen molar-refractivity contribution < 1.29 is 24.3 Å². The number of aromatic nitrogens is 1. The van der Waals surface area contributed by atoms with Gasteiger partial charge in [-0.3, -0.25) is 14.4 Å². The molecule has 3 amide bonds. The Morgan fingerprint density at radius 2 is 1.65 bits per heavy atom. The second-order valence-electron chi connectivity index (χ2n) is 8.62. The molecule has 34 heavy (non-hydrogen) atoms. The number of H-pyrrole nitrogens is 1. The molecule has 2 aromatic rings. The molecule has 0 unspecified atom stereocenters. The second kappa shape index (κ2) is 14.0. The molecule has 0 saturated carbocycles. The highest BCUT2D eigenvalue weighted by molar-refractivity contribution is 5.93. The van der Waals surface area contributed by atoms with Gasteiger partial charge in [-0.05, 0) is 18.1 Å². The van der Waals surface area contributed by atoms with Crippen molar-refractivity contribution in [3.8, 4) is 0 Å². The molecule has 1 heterocycles. The fourth-order valence-corrected chi connectivity index (χ4v) is 3.91. The Morgan fingerprint density at radius 3 is 2.32 bits per heavy atom. The van der Waals surface area contributed by atoms with E-state index in [4.69, 9.17) is 5.73 Å². The lowest BCUT2D eigenvalue weighted by Crippen LogP contribution is -2.53. The predicted octanol–water partition coefficient (Wildman–Crippen LogP) is 2.78. The molecule has 1 aromatic carbocycles. The average Bonchev–Trinajstić information content (AvgIpc) is 3.20. The van der Waals surface area contributed by atoms with Gasteiger partial charge in [-0.25, -0.2) is 4.79 Å². The zero-order chi connectivity index (χ0) is 24.9. The molecule has 2 rings (SSSR count). The number of amides is 3. The van der Waals surface area contributed by atoms with Gasteiger partial charge in [-0.15, -0.1) is 0 Å². The molecule has 186 valence electrons. The van der Waals surface area contributed by atoms with E-state index in [-0.39, 0.29) is 18.7 Å². The maximum absolute atomic E-state index is 13.0. The summed E-state index contributed by atoms with van der Waals surface area (Å²) in [7, 11) is 0. The van der Waals surface area contributed by atoms with Crippen molar-refractivity contribution in [2.24, 2.45) is 5.73 Å². The summed E-state index contributed by atoms with van der Waals surface area (Å²) in [5.41, 5.74) is 6.82. The van der Waals surface area contributed by atoms with Crippen molar-refractivity contribution in [1.29, 1.82) is 0 Å². The van der Waals surface area contributed by atoms with Crippen molar-refractivity contribution in [3.05, 3.63) is 36.0 Å². The van der Waals surface area contributed by atoms with Crippen LogP contribution in [0.1, 0.15) is 70.3 Å². The number of hydrogen-bond donors (Lipinski definition) is 5. The molecule has 0 bridgehead atoms. The van der Waals surface area contributed by atoms with Crippen molar-refractivity contribution in [2.45, 2.75) is 83.2 Å². The van der Waals surface area contributed by atoms with Gasteiger partial charge in [0.2, 0.25) is 17.7 Å². The third-order valence-corrected chi connectivity index (χ3v) is 5.78. The Morgan fingerprint density at radius 1 is 0.971 bits per heavy atom. The summed E-state index contributed by atoms with van der Waals surface area (Å²) in [6.07, 6.45) is 9.18. The number of para-hydroxylation sites is 1. The normalized spacial score (nSPS) is 12.7. The van der Waals surface area contributed by atoms with Crippen LogP contribution in [-0.4, -0.2) is 45.9 Å². The van der Waals surface area contributed by atoms with Crippen LogP contribution < -0.4 is 16.4 Å². The molecular weight excluding hydrogens is 436 g/mol. The van der Waals surface area contributed by atoms with Gasteiger partial charge < -0.3 is 26.5 Å². The maximum atomic E-state index is 13.0. The SMILES string of the molecule is CCCCCCCCCC(=O)N[C@@H](Cc1c[nH]c2ccccc12)C(=O)N[C@H](CC(N)=O)C(=O)O. The van der Waals surface area contributed by atoms with E-state index in [1.54, 1.807) is 6.20 Å². The summed E-state index contributed by atoms with van der Waals surface area (Å²) in [4.78, 5) is 51.4. The number of aliphatic carboxylic acids is 1. The van der Waals surface area contributed by atoms with E-state index < -0.39 is 36.3 Å². The molecule has 2 atom stereocenters. The number of nitrogens with two attached hydrogens (primary N) is 1. The van der Waals surface area contributed by atoms with Gasteiger partial charge in [0.15, 0.2) is 0 Å². The van der Waals surface area contributed by atoms with Gasteiger partial charge in [0.1, 0.15) is 12.1 Å². The standard InChI is InChI=1S/C25H36N4O5/c1-2-3-4-5-6-7-8-13-23(31)28-20(24(32)29-21(25(33)34)15-22(26)30)14-17-16-27-19-12-10-9-11-18(17)19/h9-12,16,20-21,27H,2-8,13-15H2,1H3,(H2,26,30)(H,28,31)(H,29,32)(H,33,34)/t20-,21+/m0/s1. The number of primary amides is 1. The van der Waals surface area contributed by atoms with Gasteiger partial charge in [-0.2, -0.15) is 0 Å². The number of carboxylic acid groups (broad SMARTS) is 1. The van der Waals surface area contributed by atoms with Gasteiger partial charge >= 0.3 is 5.97 Å². The maximum Gasteiger partial charge on any atom is 0.326 e. The number of rotatable bonds is 16. The van der Waals surface area contributed by atoms with E-state index in [2.05, 4.69) is 22.5 Å². The third kappa shape index (κ3) is 8.88. The lowest BCUT2D eigenvalue weighted by atomic mass is 10.0. The van der Waals surface area contributed by atoms with Crippen LogP contribution in [0.3, 0.4) is 0 Å². The second-order valence-corrected chi connectivity index (χ2v) is 8.62. The van der Waals surface area contributed by atoms with Crippen LogP contribution in [0.4, 0.5) is 0 Å². The fraction of sp³-hybridized carbons (Fsp3) is 0.520. The highest BCUT2D eigenvalue weighted by atomic mass is 16.4. The van der Waals surface area contributed by atoms with Crippen molar-refractivity contribution >= 4 is 34.6 Å². The highest BCUT2D eigenvalue weighted by Crippen LogP contribution is 2.19. The number of nitrogens with one attached hydrogen (secondary N) is 3. The third-order valence-electron chi connectivity index (χ3n) is 5.78. The van der Waals surface area contributed by atoms with Gasteiger partial charge in [0.25, 0.3) is 0 Å². The van der Waals surface area contributed by atoms with Crippen LogP contribution in [-0.2, 0) is 25.6 Å². The molecule has 0 aliphatic heterocycles. The lowest BCUT2D eigenvalue weighted by Gasteiger charge is -2.21. The number of unbranched alkanes of at least 4 members (excludes halogenated alkanes) is 6. The Labute approximate surface area is 199 Å². The highest BCUT2D eigenvalue weighted by Gasteiger charge is 2.28. The van der Waals surface area contributed by atoms with E-state index >= 15 is 0 Å². The van der Waals surface area contributed by atoms with Crippen LogP contribution in [0.25, 0.3) is 10.9 Å². The van der Waals surface area contributed by atoms with Crippen LogP contribution in [0, 0.1) is 0 Å². The summed E-state index contributed by atoms with van der Waals surface area (Å²) in [5.74, 6) is -3.15. The van der Waals surface area contributed by atoms with Crippen LogP contribution in [0.5, 0.6) is 0 Å². The summed E-state index contributed by atoms with van der Waals surface area (Å²) >= 11 is 0. The quantitative estimate of drug-likeness (QED) is 0.238. The number of carbonyl (C=O) groups excluding carboxylic acids is 3. The van der Waals surface area contributed by atoms with E-state index in [1.807, 2.05) is 24.3 Å². The number of carboxylic acids is 1. The number of aromatic amines is 1. The van der Waals surface area contributed by atoms with Crippen molar-refractivity contribution in [1.82, 2.24) is 15.6 Å². The minimum atomic E-state index is -1.46. The molecule has 9 nitrogen and oxygen atoms in total. The smallest absolute Gasteiger partial charge is 0.326 e. The zero-order valence-corrected chi connectivity index (χ0v) is 19.8. The van der Waals surface area contributed by atoms with E-state index in [0.717, 1.165) is 42.1 Å². The molecule has 6 N–H and O–H groups in total. The number of benzene rings is 1. The average molecular weight is 473 g/mol. The minimum absolute atomic E-state index is 0.168. The molecule has 1 aromatic heterocycles. The van der Waals surface area contributed by atoms with E-state index in [0.29, 0.717) is 0 Å². The molecule has 0 aliphatic rings. The summed E-state index contributed by atoms with van der Waals surface area (Å²) in [5, 5.41) is 15.3. The molecular formula is C25H36N4O5. The van der Waals surface area contributed by atoms with Crippen LogP contribution >= 0.6 is 0 Å². The summed E-state index contributed by atoms with van der Waals surface area (Å²) in [6, 6.07) is 5.12. The first-order valence-electron chi connectivity index (χ1n) is 12.0. The fourth-order valence-electron chi connectivity index (χ4n) is 3.91. The number of fused-ring (bicyclic) bond motifs is 1. The first-order chi connectivity index (χ1) is 16.3. The molecule has 9 heteroatoms. The monoisotopic (exact) mass is 472 g/mol. The Bertz CT molecular complexity index is 971. The van der Waals surface area contributed by atoms with Crippen LogP contribution in [0.2, 0.25) is 0 Å². The molecule has 0 aliphatic carbocycles. The Hall–Kier alpha value is -3.36. The molecule has 0 saturated heterocycles. The van der Waals surface area contributed by atoms with Crippen LogP contribution in [0.15, 0.2) is 30.5 Å². The first kappa shape index (κ1) is 26.9. The molecule has 0 fully saturated rings. The van der Waals surface area contributed by atoms with Crippen molar-refractivity contribution in [2.75, 3.05) is 0 Å². The van der Waals surface area contributed by atoms with E-state index in [1.165, 1.54) is 19.3 Å². The predicted molar refractivity (Wildman–Crippen MR) is 130 cm³/mol. The summed E-state index contributed by atoms with van der Waals surface area (Å²) < 4.78 is 0. The topological polar surface area (TPSA) is 154 Å². The van der Waals surface area contributed by atoms with Gasteiger partial charge in [0, 0.05) is 29.9 Å². The number of hydrogen-bond acceptors (Lipinski definition) is 4. The Balaban J connectivity index is 2.04. The van der Waals surface area contributed by atoms with Gasteiger partial charge in [0.05, 0.1) is 6.42 Å². The van der Waals surface area contributed by atoms with Crippen molar-refractivity contribution in [3.63, 3.8) is 0 Å². The number of carbonyl (C=O) groups is 4. The first-order valence-corrected chi connectivity index (χ1v) is 12.0. The largest absolute Gasteiger partial charge is 0.480 e. The van der Waals surface area contributed by atoms with E-state index in [9.17, 15) is 24.3 Å². The van der Waals surface area contributed by atoms with Gasteiger partial charge in [-0.1, -0.05) is 63.6 Å². The molecule has 0 spiro atoms.